The molecular weight excluding hydrogens is 284 g/mol. The number of anilines is 1. The Labute approximate surface area is 121 Å². The quantitative estimate of drug-likeness (QED) is 0.794. The van der Waals surface area contributed by atoms with Crippen LogP contribution in [0.3, 0.4) is 0 Å². The maximum atomic E-state index is 5.82. The van der Waals surface area contributed by atoms with E-state index in [1.54, 1.807) is 0 Å². The second-order valence-electron chi connectivity index (χ2n) is 4.10. The van der Waals surface area contributed by atoms with Crippen LogP contribution in [0.5, 0.6) is 0 Å². The predicted octanol–water partition coefficient (Wildman–Crippen LogP) is 4.91. The minimum atomic E-state index is 0.575. The maximum absolute atomic E-state index is 5.82. The average Bonchev–Trinajstić information content (AvgIpc) is 2.73. The average molecular weight is 299 g/mol. The van der Waals surface area contributed by atoms with Gasteiger partial charge in [-0.05, 0) is 12.1 Å². The Hall–Kier alpha value is -0.710. The molecule has 2 aromatic rings. The van der Waals surface area contributed by atoms with Gasteiger partial charge in [-0.3, -0.25) is 0 Å². The largest absolute Gasteiger partial charge is 0.379 e. The van der Waals surface area contributed by atoms with Crippen molar-refractivity contribution in [3.63, 3.8) is 0 Å². The standard InChI is InChI=1S/C13H15ClN2S2/c1-9(2)17-12-6-4-3-5-11(12)15-7-10-8-16-13(14)18-10/h3-6,8-9,15H,7H2,1-2H3. The molecule has 5 heteroatoms. The number of halogens is 1. The molecule has 0 saturated carbocycles. The summed E-state index contributed by atoms with van der Waals surface area (Å²) in [6.07, 6.45) is 1.82. The number of hydrogen-bond donors (Lipinski definition) is 1. The molecular formula is C13H15ClN2S2. The number of benzene rings is 1. The summed E-state index contributed by atoms with van der Waals surface area (Å²) in [7, 11) is 0. The predicted molar refractivity (Wildman–Crippen MR) is 81.9 cm³/mol. The zero-order valence-electron chi connectivity index (χ0n) is 10.3. The summed E-state index contributed by atoms with van der Waals surface area (Å²) in [5.74, 6) is 0. The highest BCUT2D eigenvalue weighted by Gasteiger charge is 2.05. The Morgan fingerprint density at radius 1 is 1.39 bits per heavy atom. The number of para-hydroxylation sites is 1. The third-order valence-corrected chi connectivity index (χ3v) is 4.42. The molecule has 2 rings (SSSR count). The van der Waals surface area contributed by atoms with Crippen LogP contribution in [-0.4, -0.2) is 10.2 Å². The van der Waals surface area contributed by atoms with Gasteiger partial charge in [0.15, 0.2) is 4.47 Å². The van der Waals surface area contributed by atoms with E-state index in [0.29, 0.717) is 9.72 Å². The Bertz CT molecular complexity index is 511. The fourth-order valence-corrected chi connectivity index (χ4v) is 3.37. The third kappa shape index (κ3) is 3.90. The van der Waals surface area contributed by atoms with E-state index in [2.05, 4.69) is 42.3 Å². The molecule has 2 nitrogen and oxygen atoms in total. The molecule has 0 aliphatic carbocycles. The zero-order chi connectivity index (χ0) is 13.0. The first-order valence-corrected chi connectivity index (χ1v) is 7.82. The van der Waals surface area contributed by atoms with E-state index in [0.717, 1.165) is 11.4 Å². The number of rotatable bonds is 5. The van der Waals surface area contributed by atoms with Crippen LogP contribution in [-0.2, 0) is 6.54 Å². The first kappa shape index (κ1) is 13.7. The molecule has 1 N–H and O–H groups in total. The molecule has 1 aromatic carbocycles. The molecule has 0 unspecified atom stereocenters. The number of hydrogen-bond acceptors (Lipinski definition) is 4. The summed E-state index contributed by atoms with van der Waals surface area (Å²) < 4.78 is 0.594. The fraction of sp³-hybridized carbons (Fsp3) is 0.308. The second kappa shape index (κ2) is 6.45. The van der Waals surface area contributed by atoms with Crippen LogP contribution in [0.2, 0.25) is 4.47 Å². The van der Waals surface area contributed by atoms with Crippen molar-refractivity contribution in [1.29, 1.82) is 0 Å². The van der Waals surface area contributed by atoms with Crippen LogP contribution in [0.4, 0.5) is 5.69 Å². The summed E-state index contributed by atoms with van der Waals surface area (Å²) in [5.41, 5.74) is 1.17. The van der Waals surface area contributed by atoms with Gasteiger partial charge in [0.1, 0.15) is 0 Å². The van der Waals surface area contributed by atoms with Crippen LogP contribution < -0.4 is 5.32 Å². The van der Waals surface area contributed by atoms with Crippen LogP contribution >= 0.6 is 34.7 Å². The van der Waals surface area contributed by atoms with Gasteiger partial charge < -0.3 is 5.32 Å². The lowest BCUT2D eigenvalue weighted by molar-refractivity contribution is 1.10. The van der Waals surface area contributed by atoms with Gasteiger partial charge in [0, 0.05) is 26.9 Å². The summed E-state index contributed by atoms with van der Waals surface area (Å²) in [5, 5.41) is 4.01. The highest BCUT2D eigenvalue weighted by molar-refractivity contribution is 8.00. The summed E-state index contributed by atoms with van der Waals surface area (Å²) in [6.45, 7) is 5.16. The molecule has 0 aliphatic rings. The number of thioether (sulfide) groups is 1. The van der Waals surface area contributed by atoms with Crippen molar-refractivity contribution >= 4 is 40.4 Å². The lowest BCUT2D eigenvalue weighted by atomic mass is 10.3. The number of aromatic nitrogens is 1. The van der Waals surface area contributed by atoms with Gasteiger partial charge in [-0.2, -0.15) is 0 Å². The Kier molecular flexibility index (Phi) is 4.92. The first-order chi connectivity index (χ1) is 8.65. The van der Waals surface area contributed by atoms with E-state index >= 15 is 0 Å². The second-order valence-corrected chi connectivity index (χ2v) is 7.41. The van der Waals surface area contributed by atoms with Gasteiger partial charge in [-0.25, -0.2) is 4.98 Å². The van der Waals surface area contributed by atoms with Crippen LogP contribution in [0.15, 0.2) is 35.4 Å². The van der Waals surface area contributed by atoms with Crippen molar-refractivity contribution in [2.45, 2.75) is 30.5 Å². The summed E-state index contributed by atoms with van der Waals surface area (Å²) >= 11 is 9.19. The lowest BCUT2D eigenvalue weighted by Crippen LogP contribution is -1.99. The van der Waals surface area contributed by atoms with Gasteiger partial charge in [0.25, 0.3) is 0 Å². The molecule has 1 heterocycles. The fourth-order valence-electron chi connectivity index (χ4n) is 1.52. The maximum Gasteiger partial charge on any atom is 0.183 e. The highest BCUT2D eigenvalue weighted by atomic mass is 35.5. The van der Waals surface area contributed by atoms with E-state index < -0.39 is 0 Å². The minimum Gasteiger partial charge on any atom is -0.379 e. The van der Waals surface area contributed by atoms with E-state index in [1.807, 2.05) is 24.0 Å². The minimum absolute atomic E-state index is 0.575. The van der Waals surface area contributed by atoms with Crippen LogP contribution in [0.25, 0.3) is 0 Å². The number of nitrogens with one attached hydrogen (secondary N) is 1. The van der Waals surface area contributed by atoms with E-state index in [1.165, 1.54) is 21.9 Å². The molecule has 0 fully saturated rings. The number of thiazole rings is 1. The lowest BCUT2D eigenvalue weighted by Gasteiger charge is -2.12. The van der Waals surface area contributed by atoms with Gasteiger partial charge >= 0.3 is 0 Å². The van der Waals surface area contributed by atoms with Gasteiger partial charge in [-0.1, -0.05) is 37.6 Å². The molecule has 96 valence electrons. The molecule has 0 saturated heterocycles. The van der Waals surface area contributed by atoms with Crippen molar-refractivity contribution < 1.29 is 0 Å². The Morgan fingerprint density at radius 2 is 2.17 bits per heavy atom. The van der Waals surface area contributed by atoms with Gasteiger partial charge in [0.05, 0.1) is 6.54 Å². The van der Waals surface area contributed by atoms with E-state index in [-0.39, 0.29) is 0 Å². The van der Waals surface area contributed by atoms with Crippen molar-refractivity contribution in [3.8, 4) is 0 Å². The van der Waals surface area contributed by atoms with Crippen molar-refractivity contribution in [1.82, 2.24) is 4.98 Å². The third-order valence-electron chi connectivity index (χ3n) is 2.23. The smallest absolute Gasteiger partial charge is 0.183 e. The Balaban J connectivity index is 2.04. The normalized spacial score (nSPS) is 10.9. The number of nitrogens with zero attached hydrogens (tertiary/aromatic N) is 1. The van der Waals surface area contributed by atoms with E-state index in [4.69, 9.17) is 11.6 Å². The molecule has 0 atom stereocenters. The zero-order valence-corrected chi connectivity index (χ0v) is 12.7. The van der Waals surface area contributed by atoms with Crippen molar-refractivity contribution in [2.24, 2.45) is 0 Å². The van der Waals surface area contributed by atoms with Crippen molar-refractivity contribution in [2.75, 3.05) is 5.32 Å². The van der Waals surface area contributed by atoms with Crippen molar-refractivity contribution in [3.05, 3.63) is 39.8 Å². The molecule has 0 aliphatic heterocycles. The summed E-state index contributed by atoms with van der Waals surface area (Å²) in [4.78, 5) is 6.46. The van der Waals surface area contributed by atoms with Crippen LogP contribution in [0, 0.1) is 0 Å². The van der Waals surface area contributed by atoms with Gasteiger partial charge in [-0.15, -0.1) is 23.1 Å². The Morgan fingerprint density at radius 3 is 2.83 bits per heavy atom. The molecule has 0 amide bonds. The first-order valence-electron chi connectivity index (χ1n) is 5.75. The molecule has 0 bridgehead atoms. The van der Waals surface area contributed by atoms with Crippen LogP contribution in [0.1, 0.15) is 18.7 Å². The topological polar surface area (TPSA) is 24.9 Å². The molecule has 1 aromatic heterocycles. The summed E-state index contributed by atoms with van der Waals surface area (Å²) in [6, 6.07) is 8.37. The molecule has 18 heavy (non-hydrogen) atoms. The van der Waals surface area contributed by atoms with E-state index in [9.17, 15) is 0 Å². The monoisotopic (exact) mass is 298 g/mol. The highest BCUT2D eigenvalue weighted by Crippen LogP contribution is 2.30. The molecule has 0 radical (unpaired) electrons. The van der Waals surface area contributed by atoms with Gasteiger partial charge in [0.2, 0.25) is 0 Å². The SMILES string of the molecule is CC(C)Sc1ccccc1NCc1cnc(Cl)s1. The molecule has 0 spiro atoms.